The van der Waals surface area contributed by atoms with Crippen molar-refractivity contribution in [2.45, 2.75) is 0 Å². The van der Waals surface area contributed by atoms with Crippen molar-refractivity contribution in [2.24, 2.45) is 0 Å². The van der Waals surface area contributed by atoms with Gasteiger partial charge < -0.3 is 14.6 Å². The topological polar surface area (TPSA) is 55.8 Å². The average molecular weight is 132 g/mol. The first kappa shape index (κ1) is 7.81. The van der Waals surface area contributed by atoms with E-state index >= 15 is 0 Å². The van der Waals surface area contributed by atoms with Crippen LogP contribution in [0.15, 0.2) is 12.0 Å². The van der Waals surface area contributed by atoms with Crippen LogP contribution in [0.2, 0.25) is 0 Å². The number of rotatable bonds is 2. The quantitative estimate of drug-likeness (QED) is 0.331. The molecule has 0 aliphatic rings. The largest absolute Gasteiger partial charge is 0.481 e. The van der Waals surface area contributed by atoms with Crippen LogP contribution in [0.5, 0.6) is 0 Å². The molecule has 0 atom stereocenters. The summed E-state index contributed by atoms with van der Waals surface area (Å²) in [4.78, 5) is 10.2. The van der Waals surface area contributed by atoms with Gasteiger partial charge in [0.2, 0.25) is 0 Å². The van der Waals surface area contributed by atoms with E-state index in [0.29, 0.717) is 0 Å². The molecule has 0 heterocycles. The average Bonchev–Trinajstić information content (AvgIpc) is 1.87. The highest BCUT2D eigenvalue weighted by molar-refractivity contribution is 5.81. The summed E-state index contributed by atoms with van der Waals surface area (Å²) >= 11 is 0. The summed E-state index contributed by atoms with van der Waals surface area (Å²) < 4.78 is 8.41. The van der Waals surface area contributed by atoms with E-state index in [1.807, 2.05) is 0 Å². The predicted octanol–water partition coefficient (Wildman–Crippen LogP) is 0.205. The third kappa shape index (κ3) is 3.40. The van der Waals surface area contributed by atoms with Crippen LogP contribution >= 0.6 is 0 Å². The second kappa shape index (κ2) is 3.77. The van der Waals surface area contributed by atoms with Gasteiger partial charge in [-0.1, -0.05) is 0 Å². The first-order chi connectivity index (χ1) is 4.20. The Morgan fingerprint density at radius 3 is 2.33 bits per heavy atom. The van der Waals surface area contributed by atoms with Crippen LogP contribution in [-0.4, -0.2) is 25.3 Å². The SMILES string of the molecule is COC(=O)/C=C(/O)OC. The van der Waals surface area contributed by atoms with Gasteiger partial charge in [0.1, 0.15) is 6.08 Å². The van der Waals surface area contributed by atoms with E-state index < -0.39 is 11.9 Å². The maximum Gasteiger partial charge on any atom is 0.337 e. The van der Waals surface area contributed by atoms with Crippen molar-refractivity contribution < 1.29 is 19.4 Å². The van der Waals surface area contributed by atoms with Crippen molar-refractivity contribution >= 4 is 5.97 Å². The molecule has 0 saturated heterocycles. The van der Waals surface area contributed by atoms with Crippen LogP contribution in [0, 0.1) is 0 Å². The summed E-state index contributed by atoms with van der Waals surface area (Å²) in [5.41, 5.74) is 0. The van der Waals surface area contributed by atoms with Crippen molar-refractivity contribution in [1.29, 1.82) is 0 Å². The molecule has 4 nitrogen and oxygen atoms in total. The summed E-state index contributed by atoms with van der Waals surface area (Å²) in [6, 6.07) is 0. The van der Waals surface area contributed by atoms with Crippen molar-refractivity contribution in [3.8, 4) is 0 Å². The number of carbonyl (C=O) groups is 1. The molecule has 1 N–H and O–H groups in total. The predicted molar refractivity (Wildman–Crippen MR) is 29.7 cm³/mol. The Balaban J connectivity index is 3.79. The van der Waals surface area contributed by atoms with Gasteiger partial charge in [-0.05, 0) is 0 Å². The summed E-state index contributed by atoms with van der Waals surface area (Å²) in [6.07, 6.45) is 0.833. The van der Waals surface area contributed by atoms with Gasteiger partial charge in [0.25, 0.3) is 5.95 Å². The molecule has 0 aliphatic carbocycles. The van der Waals surface area contributed by atoms with Crippen LogP contribution < -0.4 is 0 Å². The molecule has 0 fully saturated rings. The zero-order valence-electron chi connectivity index (χ0n) is 5.25. The monoisotopic (exact) mass is 132 g/mol. The van der Waals surface area contributed by atoms with Crippen molar-refractivity contribution in [3.63, 3.8) is 0 Å². The van der Waals surface area contributed by atoms with Gasteiger partial charge in [-0.15, -0.1) is 0 Å². The molecular weight excluding hydrogens is 124 g/mol. The summed E-state index contributed by atoms with van der Waals surface area (Å²) in [5, 5.41) is 8.50. The van der Waals surface area contributed by atoms with Crippen molar-refractivity contribution in [2.75, 3.05) is 14.2 Å². The van der Waals surface area contributed by atoms with Gasteiger partial charge in [0.05, 0.1) is 14.2 Å². The van der Waals surface area contributed by atoms with Crippen LogP contribution in [0.1, 0.15) is 0 Å². The van der Waals surface area contributed by atoms with Crippen molar-refractivity contribution in [1.82, 2.24) is 0 Å². The number of hydrogen-bond acceptors (Lipinski definition) is 4. The van der Waals surface area contributed by atoms with Gasteiger partial charge >= 0.3 is 5.97 Å². The molecular formula is C5H8O4. The van der Waals surface area contributed by atoms with E-state index in [1.165, 1.54) is 14.2 Å². The molecule has 0 aromatic carbocycles. The number of esters is 1. The number of methoxy groups -OCH3 is 2. The lowest BCUT2D eigenvalue weighted by Gasteiger charge is -1.94. The third-order valence-electron chi connectivity index (χ3n) is 0.652. The second-order valence-electron chi connectivity index (χ2n) is 1.21. The standard InChI is InChI=1S/C5H8O4/c1-8-4(6)3-5(7)9-2/h3,6H,1-2H3/b4-3-. The molecule has 0 spiro atoms. The molecule has 0 aromatic heterocycles. The highest BCUT2D eigenvalue weighted by Crippen LogP contribution is 1.87. The summed E-state index contributed by atoms with van der Waals surface area (Å²) in [6.45, 7) is 0. The van der Waals surface area contributed by atoms with Gasteiger partial charge in [-0.3, -0.25) is 0 Å². The first-order valence-electron chi connectivity index (χ1n) is 2.23. The zero-order chi connectivity index (χ0) is 7.28. The fourth-order valence-corrected chi connectivity index (χ4v) is 0.219. The molecule has 0 amide bonds. The van der Waals surface area contributed by atoms with E-state index in [1.54, 1.807) is 0 Å². The number of ether oxygens (including phenoxy) is 2. The Morgan fingerprint density at radius 2 is 2.00 bits per heavy atom. The molecule has 0 aromatic rings. The maximum atomic E-state index is 10.2. The Hall–Kier alpha value is -1.19. The van der Waals surface area contributed by atoms with Gasteiger partial charge in [-0.25, -0.2) is 4.79 Å². The van der Waals surface area contributed by atoms with Crippen LogP contribution in [0.25, 0.3) is 0 Å². The maximum absolute atomic E-state index is 10.2. The Labute approximate surface area is 52.7 Å². The Bertz CT molecular complexity index is 127. The normalized spacial score (nSPS) is 10.7. The van der Waals surface area contributed by atoms with E-state index in [0.717, 1.165) is 6.08 Å². The highest BCUT2D eigenvalue weighted by Gasteiger charge is 1.96. The van der Waals surface area contributed by atoms with Crippen LogP contribution in [0.4, 0.5) is 0 Å². The smallest absolute Gasteiger partial charge is 0.337 e. The summed E-state index contributed by atoms with van der Waals surface area (Å²) in [5.74, 6) is -1.10. The Kier molecular flexibility index (Phi) is 3.27. The van der Waals surface area contributed by atoms with E-state index in [-0.39, 0.29) is 0 Å². The molecule has 0 aliphatic heterocycles. The third-order valence-corrected chi connectivity index (χ3v) is 0.652. The van der Waals surface area contributed by atoms with E-state index in [9.17, 15) is 4.79 Å². The molecule has 52 valence electrons. The minimum absolute atomic E-state index is 0.457. The van der Waals surface area contributed by atoms with Crippen LogP contribution in [0.3, 0.4) is 0 Å². The van der Waals surface area contributed by atoms with Gasteiger partial charge in [0.15, 0.2) is 0 Å². The fraction of sp³-hybridized carbons (Fsp3) is 0.400. The Morgan fingerprint density at radius 1 is 1.44 bits per heavy atom. The molecule has 0 unspecified atom stereocenters. The minimum atomic E-state index is -0.644. The van der Waals surface area contributed by atoms with E-state index in [2.05, 4.69) is 9.47 Å². The van der Waals surface area contributed by atoms with Crippen LogP contribution in [-0.2, 0) is 14.3 Å². The zero-order valence-corrected chi connectivity index (χ0v) is 5.25. The number of hydrogen-bond donors (Lipinski definition) is 1. The molecule has 9 heavy (non-hydrogen) atoms. The summed E-state index contributed by atoms with van der Waals surface area (Å²) in [7, 11) is 2.45. The molecule has 0 rings (SSSR count). The fourth-order valence-electron chi connectivity index (χ4n) is 0.219. The lowest BCUT2D eigenvalue weighted by atomic mass is 10.6. The highest BCUT2D eigenvalue weighted by atomic mass is 16.6. The molecule has 0 radical (unpaired) electrons. The number of aliphatic hydroxyl groups is 1. The van der Waals surface area contributed by atoms with Gasteiger partial charge in [-0.2, -0.15) is 0 Å². The first-order valence-corrected chi connectivity index (χ1v) is 2.23. The van der Waals surface area contributed by atoms with Gasteiger partial charge in [0, 0.05) is 0 Å². The van der Waals surface area contributed by atoms with Crippen molar-refractivity contribution in [3.05, 3.63) is 12.0 Å². The lowest BCUT2D eigenvalue weighted by molar-refractivity contribution is -0.135. The van der Waals surface area contributed by atoms with E-state index in [4.69, 9.17) is 5.11 Å². The number of carbonyl (C=O) groups excluding carboxylic acids is 1. The lowest BCUT2D eigenvalue weighted by Crippen LogP contribution is -1.97. The molecule has 0 saturated carbocycles. The second-order valence-corrected chi connectivity index (χ2v) is 1.21. The minimum Gasteiger partial charge on any atom is -0.481 e. The molecule has 0 bridgehead atoms. The number of aliphatic hydroxyl groups excluding tert-OH is 1. The molecule has 4 heteroatoms.